The van der Waals surface area contributed by atoms with E-state index in [-0.39, 0.29) is 5.56 Å². The number of nitrogens with zero attached hydrogens (tertiary/aromatic N) is 5. The molecule has 0 aliphatic rings. The van der Waals surface area contributed by atoms with Crippen LogP contribution in [-0.4, -0.2) is 37.9 Å². The summed E-state index contributed by atoms with van der Waals surface area (Å²) in [6, 6.07) is 0.441. The van der Waals surface area contributed by atoms with Gasteiger partial charge >= 0.3 is 0 Å². The number of hydrogen-bond acceptors (Lipinski definition) is 5. The minimum atomic E-state index is -0.120. The molecule has 0 fully saturated rings. The lowest BCUT2D eigenvalue weighted by Gasteiger charge is -2.09. The quantitative estimate of drug-likeness (QED) is 0.802. The van der Waals surface area contributed by atoms with Crippen LogP contribution in [0.25, 0.3) is 11.0 Å². The first-order valence-electron chi connectivity index (χ1n) is 6.06. The molecule has 0 amide bonds. The molecule has 18 heavy (non-hydrogen) atoms. The molecule has 0 bridgehead atoms. The maximum atomic E-state index is 12.1. The summed E-state index contributed by atoms with van der Waals surface area (Å²) in [5.41, 5.74) is 0.407. The Hall–Kier alpha value is -1.76. The SMILES string of the molecule is CNC(C)CCCn1nnc2c(cnn2C)c1=O. The molecule has 1 unspecified atom stereocenters. The van der Waals surface area contributed by atoms with Crippen LogP contribution in [-0.2, 0) is 13.6 Å². The third kappa shape index (κ3) is 2.40. The molecule has 0 aromatic carbocycles. The molecular weight excluding hydrogens is 232 g/mol. The summed E-state index contributed by atoms with van der Waals surface area (Å²) >= 11 is 0. The van der Waals surface area contributed by atoms with E-state index in [0.717, 1.165) is 12.8 Å². The van der Waals surface area contributed by atoms with Crippen LogP contribution >= 0.6 is 0 Å². The maximum absolute atomic E-state index is 12.1. The van der Waals surface area contributed by atoms with Gasteiger partial charge in [0.2, 0.25) is 0 Å². The monoisotopic (exact) mass is 250 g/mol. The number of fused-ring (bicyclic) bond motifs is 1. The van der Waals surface area contributed by atoms with Gasteiger partial charge < -0.3 is 5.32 Å². The lowest BCUT2D eigenvalue weighted by Crippen LogP contribution is -2.26. The number of aryl methyl sites for hydroxylation is 2. The Kier molecular flexibility index (Phi) is 3.71. The van der Waals surface area contributed by atoms with Gasteiger partial charge in [-0.25, -0.2) is 9.36 Å². The van der Waals surface area contributed by atoms with Crippen LogP contribution in [0.1, 0.15) is 19.8 Å². The van der Waals surface area contributed by atoms with Crippen molar-refractivity contribution in [1.29, 1.82) is 0 Å². The first-order chi connectivity index (χ1) is 8.63. The zero-order valence-electron chi connectivity index (χ0n) is 10.9. The van der Waals surface area contributed by atoms with Crippen LogP contribution < -0.4 is 10.9 Å². The minimum absolute atomic E-state index is 0.120. The third-order valence-electron chi connectivity index (χ3n) is 3.12. The van der Waals surface area contributed by atoms with E-state index in [1.165, 1.54) is 4.68 Å². The molecule has 0 saturated heterocycles. The molecule has 2 aromatic heterocycles. The summed E-state index contributed by atoms with van der Waals surface area (Å²) in [6.45, 7) is 2.70. The molecule has 0 aliphatic carbocycles. The number of rotatable bonds is 5. The first kappa shape index (κ1) is 12.7. The average Bonchev–Trinajstić information content (AvgIpc) is 2.74. The van der Waals surface area contributed by atoms with Crippen molar-refractivity contribution >= 4 is 11.0 Å². The van der Waals surface area contributed by atoms with E-state index in [9.17, 15) is 4.79 Å². The molecular formula is C11H18N6O. The fourth-order valence-electron chi connectivity index (χ4n) is 1.81. The molecule has 0 radical (unpaired) electrons. The lowest BCUT2D eigenvalue weighted by molar-refractivity contribution is 0.465. The predicted octanol–water partition coefficient (Wildman–Crippen LogP) is -0.0869. The summed E-state index contributed by atoms with van der Waals surface area (Å²) in [5, 5.41) is 15.6. The average molecular weight is 250 g/mol. The molecule has 1 atom stereocenters. The molecule has 0 saturated carbocycles. The van der Waals surface area contributed by atoms with Crippen LogP contribution in [0.15, 0.2) is 11.0 Å². The van der Waals surface area contributed by atoms with Gasteiger partial charge in [-0.1, -0.05) is 5.21 Å². The zero-order valence-corrected chi connectivity index (χ0v) is 10.9. The summed E-state index contributed by atoms with van der Waals surface area (Å²) in [5.74, 6) is 0. The van der Waals surface area contributed by atoms with Crippen molar-refractivity contribution in [3.8, 4) is 0 Å². The highest BCUT2D eigenvalue weighted by Crippen LogP contribution is 2.02. The Morgan fingerprint density at radius 1 is 1.50 bits per heavy atom. The Morgan fingerprint density at radius 2 is 2.28 bits per heavy atom. The van der Waals surface area contributed by atoms with Gasteiger partial charge in [-0.05, 0) is 26.8 Å². The van der Waals surface area contributed by atoms with Gasteiger partial charge in [-0.15, -0.1) is 5.10 Å². The van der Waals surface area contributed by atoms with Crippen molar-refractivity contribution in [2.75, 3.05) is 7.05 Å². The van der Waals surface area contributed by atoms with Gasteiger partial charge in [0.15, 0.2) is 5.65 Å². The van der Waals surface area contributed by atoms with Crippen LogP contribution in [0.3, 0.4) is 0 Å². The number of nitrogens with one attached hydrogen (secondary N) is 1. The topological polar surface area (TPSA) is 77.6 Å². The smallest absolute Gasteiger partial charge is 0.280 e. The molecule has 2 heterocycles. The van der Waals surface area contributed by atoms with Crippen molar-refractivity contribution in [2.24, 2.45) is 7.05 Å². The van der Waals surface area contributed by atoms with E-state index in [1.807, 2.05) is 7.05 Å². The highest BCUT2D eigenvalue weighted by atomic mass is 16.1. The van der Waals surface area contributed by atoms with Crippen molar-refractivity contribution in [3.63, 3.8) is 0 Å². The summed E-state index contributed by atoms with van der Waals surface area (Å²) in [4.78, 5) is 12.1. The predicted molar refractivity (Wildman–Crippen MR) is 68.3 cm³/mol. The largest absolute Gasteiger partial charge is 0.317 e. The minimum Gasteiger partial charge on any atom is -0.317 e. The van der Waals surface area contributed by atoms with Crippen molar-refractivity contribution in [3.05, 3.63) is 16.6 Å². The molecule has 2 aromatic rings. The van der Waals surface area contributed by atoms with E-state index in [0.29, 0.717) is 23.6 Å². The van der Waals surface area contributed by atoms with Gasteiger partial charge in [0.05, 0.1) is 6.20 Å². The van der Waals surface area contributed by atoms with Crippen molar-refractivity contribution < 1.29 is 0 Å². The summed E-state index contributed by atoms with van der Waals surface area (Å²) in [6.07, 6.45) is 3.43. The van der Waals surface area contributed by atoms with Gasteiger partial charge in [0.25, 0.3) is 5.56 Å². The van der Waals surface area contributed by atoms with E-state index in [1.54, 1.807) is 17.9 Å². The van der Waals surface area contributed by atoms with Crippen molar-refractivity contribution in [2.45, 2.75) is 32.4 Å². The molecule has 0 aliphatic heterocycles. The van der Waals surface area contributed by atoms with Crippen LogP contribution in [0.4, 0.5) is 0 Å². The number of aromatic nitrogens is 5. The van der Waals surface area contributed by atoms with Gasteiger partial charge in [-0.3, -0.25) is 4.79 Å². The molecule has 7 nitrogen and oxygen atoms in total. The Morgan fingerprint density at radius 3 is 3.00 bits per heavy atom. The summed E-state index contributed by atoms with van der Waals surface area (Å²) < 4.78 is 2.96. The Bertz CT molecular complexity index is 587. The highest BCUT2D eigenvalue weighted by Gasteiger charge is 2.09. The fourth-order valence-corrected chi connectivity index (χ4v) is 1.81. The van der Waals surface area contributed by atoms with Crippen LogP contribution in [0, 0.1) is 0 Å². The fraction of sp³-hybridized carbons (Fsp3) is 0.636. The third-order valence-corrected chi connectivity index (χ3v) is 3.12. The van der Waals surface area contributed by atoms with E-state index in [2.05, 4.69) is 27.7 Å². The molecule has 0 spiro atoms. The highest BCUT2D eigenvalue weighted by molar-refractivity contribution is 5.72. The van der Waals surface area contributed by atoms with E-state index in [4.69, 9.17) is 0 Å². The lowest BCUT2D eigenvalue weighted by atomic mass is 10.2. The van der Waals surface area contributed by atoms with Gasteiger partial charge in [-0.2, -0.15) is 5.10 Å². The summed E-state index contributed by atoms with van der Waals surface area (Å²) in [7, 11) is 3.67. The van der Waals surface area contributed by atoms with E-state index >= 15 is 0 Å². The van der Waals surface area contributed by atoms with Crippen LogP contribution in [0.5, 0.6) is 0 Å². The Balaban J connectivity index is 2.15. The van der Waals surface area contributed by atoms with Gasteiger partial charge in [0.1, 0.15) is 5.39 Å². The second kappa shape index (κ2) is 5.26. The zero-order chi connectivity index (χ0) is 13.1. The standard InChI is InChI=1S/C11H18N6O/c1-8(12-2)5-4-6-17-11(18)9-7-13-16(3)10(9)14-15-17/h7-8,12H,4-6H2,1-3H3. The second-order valence-electron chi connectivity index (χ2n) is 4.46. The number of hydrogen-bond donors (Lipinski definition) is 1. The molecule has 2 rings (SSSR count). The van der Waals surface area contributed by atoms with Crippen LogP contribution in [0.2, 0.25) is 0 Å². The van der Waals surface area contributed by atoms with Gasteiger partial charge in [0, 0.05) is 19.6 Å². The normalized spacial score (nSPS) is 13.1. The van der Waals surface area contributed by atoms with Crippen molar-refractivity contribution in [1.82, 2.24) is 30.1 Å². The molecule has 1 N–H and O–H groups in total. The Labute approximate surface area is 105 Å². The maximum Gasteiger partial charge on any atom is 0.280 e. The second-order valence-corrected chi connectivity index (χ2v) is 4.46. The van der Waals surface area contributed by atoms with E-state index < -0.39 is 0 Å². The molecule has 98 valence electrons. The first-order valence-corrected chi connectivity index (χ1v) is 6.06. The molecule has 7 heteroatoms.